The van der Waals surface area contributed by atoms with E-state index in [1.54, 1.807) is 24.3 Å². The van der Waals surface area contributed by atoms with Gasteiger partial charge >= 0.3 is 5.97 Å². The molecule has 0 bridgehead atoms. The fourth-order valence-corrected chi connectivity index (χ4v) is 3.96. The molecule has 0 aromatic heterocycles. The first kappa shape index (κ1) is 18.8. The lowest BCUT2D eigenvalue weighted by Crippen LogP contribution is -2.04. The number of aromatic amines is 1. The molecule has 2 aromatic rings. The monoisotopic (exact) mass is 407 g/mol. The third-order valence-electron chi connectivity index (χ3n) is 4.52. The van der Waals surface area contributed by atoms with Crippen molar-refractivity contribution in [1.29, 1.82) is 0 Å². The van der Waals surface area contributed by atoms with Crippen LogP contribution < -0.4 is 4.74 Å². The molecule has 29 heavy (non-hydrogen) atoms. The molecule has 0 fully saturated rings. The minimum Gasteiger partial charge on any atom is -0.506 e. The summed E-state index contributed by atoms with van der Waals surface area (Å²) in [7, 11) is -1.44. The number of carboxylic acid groups (broad SMARTS) is 1. The summed E-state index contributed by atoms with van der Waals surface area (Å²) in [4.78, 5) is 15.2. The van der Waals surface area contributed by atoms with Gasteiger partial charge in [-0.2, -0.15) is 0 Å². The Morgan fingerprint density at radius 3 is 2.28 bits per heavy atom. The summed E-state index contributed by atoms with van der Waals surface area (Å²) in [6, 6.07) is 19.3. The van der Waals surface area contributed by atoms with E-state index in [2.05, 4.69) is 4.98 Å². The lowest BCUT2D eigenvalue weighted by atomic mass is 10.0. The Morgan fingerprint density at radius 2 is 1.66 bits per heavy atom. The number of benzene rings is 2. The lowest BCUT2D eigenvalue weighted by molar-refractivity contribution is 0.0697. The summed E-state index contributed by atoms with van der Waals surface area (Å²) in [5.41, 5.74) is 1.70. The molecule has 7 heteroatoms. The van der Waals surface area contributed by atoms with Crippen LogP contribution in [0.2, 0.25) is 0 Å². The first-order valence-electron chi connectivity index (χ1n) is 8.73. The van der Waals surface area contributed by atoms with Crippen molar-refractivity contribution < 1.29 is 24.0 Å². The van der Waals surface area contributed by atoms with Gasteiger partial charge in [-0.1, -0.05) is 18.2 Å². The van der Waals surface area contributed by atoms with E-state index < -0.39 is 16.8 Å². The van der Waals surface area contributed by atoms with Gasteiger partial charge in [0, 0.05) is 17.5 Å². The van der Waals surface area contributed by atoms with E-state index in [0.29, 0.717) is 17.2 Å². The van der Waals surface area contributed by atoms with Crippen LogP contribution in [0.5, 0.6) is 17.2 Å². The second-order valence-corrected chi connectivity index (χ2v) is 7.79. The quantitative estimate of drug-likeness (QED) is 0.444. The molecule has 2 aromatic carbocycles. The zero-order valence-electron chi connectivity index (χ0n) is 15.4. The fraction of sp³-hybridized carbons (Fsp3) is 0.0455. The summed E-state index contributed by atoms with van der Waals surface area (Å²) in [5.74, 6) is 0.0488. The van der Waals surface area contributed by atoms with Crippen molar-refractivity contribution in [2.24, 2.45) is 0 Å². The minimum absolute atomic E-state index is 0.0242. The van der Waals surface area contributed by atoms with Crippen LogP contribution in [0.1, 0.15) is 10.4 Å². The maximum atomic E-state index is 12.0. The largest absolute Gasteiger partial charge is 0.506 e. The van der Waals surface area contributed by atoms with E-state index in [1.165, 1.54) is 18.4 Å². The van der Waals surface area contributed by atoms with E-state index in [9.17, 15) is 19.2 Å². The van der Waals surface area contributed by atoms with Crippen LogP contribution in [0.3, 0.4) is 0 Å². The molecule has 1 atom stereocenters. The molecule has 6 nitrogen and oxygen atoms in total. The highest BCUT2D eigenvalue weighted by Gasteiger charge is 2.26. The van der Waals surface area contributed by atoms with E-state index in [4.69, 9.17) is 4.74 Å². The average molecular weight is 407 g/mol. The van der Waals surface area contributed by atoms with Crippen molar-refractivity contribution in [1.82, 2.24) is 4.98 Å². The summed E-state index contributed by atoms with van der Waals surface area (Å²) in [6.45, 7) is 0. The minimum atomic E-state index is -1.44. The van der Waals surface area contributed by atoms with Crippen LogP contribution in [0, 0.1) is 0 Å². The smallest absolute Gasteiger partial charge is 0.336 e. The first-order valence-corrected chi connectivity index (χ1v) is 10.3. The van der Waals surface area contributed by atoms with Gasteiger partial charge < -0.3 is 19.9 Å². The Kier molecular flexibility index (Phi) is 4.82. The van der Waals surface area contributed by atoms with Crippen LogP contribution >= 0.6 is 0 Å². The Balaban J connectivity index is 1.76. The maximum Gasteiger partial charge on any atom is 0.336 e. The predicted molar refractivity (Wildman–Crippen MR) is 110 cm³/mol. The van der Waals surface area contributed by atoms with Crippen molar-refractivity contribution in [3.63, 3.8) is 0 Å². The van der Waals surface area contributed by atoms with Crippen LogP contribution in [-0.4, -0.2) is 31.6 Å². The van der Waals surface area contributed by atoms with Gasteiger partial charge in [0.25, 0.3) is 0 Å². The second kappa shape index (κ2) is 7.44. The molecule has 1 aliphatic heterocycles. The Morgan fingerprint density at radius 1 is 1.00 bits per heavy atom. The number of para-hydroxylation sites is 1. The fourth-order valence-electron chi connectivity index (χ4n) is 3.18. The number of nitrogens with one attached hydrogen (secondary N) is 1. The molecular formula is C22H17NO5S. The Bertz CT molecular complexity index is 1180. The van der Waals surface area contributed by atoms with Crippen molar-refractivity contribution >= 4 is 16.8 Å². The van der Waals surface area contributed by atoms with Crippen molar-refractivity contribution in [2.75, 3.05) is 6.26 Å². The van der Waals surface area contributed by atoms with Crippen molar-refractivity contribution in [2.45, 2.75) is 4.90 Å². The number of aromatic carboxylic acids is 1. The molecule has 0 spiro atoms. The topological polar surface area (TPSA) is 99.6 Å². The summed E-state index contributed by atoms with van der Waals surface area (Å²) in [5, 5.41) is 19.9. The number of rotatable bonds is 5. The number of carbonyl (C=O) groups is 1. The highest BCUT2D eigenvalue weighted by Crippen LogP contribution is 2.42. The molecule has 0 amide bonds. The van der Waals surface area contributed by atoms with Crippen LogP contribution in [0.25, 0.3) is 22.5 Å². The molecule has 1 unspecified atom stereocenters. The molecule has 146 valence electrons. The number of hydrogen-bond donors (Lipinski definition) is 3. The molecular weight excluding hydrogens is 390 g/mol. The molecule has 1 aliphatic carbocycles. The number of fused-ring (bicyclic) bond motifs is 1. The molecule has 4 rings (SSSR count). The molecule has 2 aliphatic rings. The number of aromatic nitrogens is 1. The zero-order chi connectivity index (χ0) is 20.5. The number of aromatic hydroxyl groups is 1. The van der Waals surface area contributed by atoms with E-state index >= 15 is 0 Å². The van der Waals surface area contributed by atoms with E-state index in [0.717, 1.165) is 5.56 Å². The molecule has 0 radical (unpaired) electrons. The summed E-state index contributed by atoms with van der Waals surface area (Å²) >= 11 is 0. The van der Waals surface area contributed by atoms with Gasteiger partial charge in [-0.05, 0) is 54.1 Å². The number of ether oxygens (including phenoxy) is 1. The van der Waals surface area contributed by atoms with Crippen LogP contribution in [0.4, 0.5) is 0 Å². The normalized spacial score (nSPS) is 12.0. The summed E-state index contributed by atoms with van der Waals surface area (Å²) < 4.78 is 17.7. The number of hydrogen-bond acceptors (Lipinski definition) is 4. The van der Waals surface area contributed by atoms with Crippen molar-refractivity contribution in [3.05, 3.63) is 72.3 Å². The number of carboxylic acids is 1. The highest BCUT2D eigenvalue weighted by molar-refractivity contribution is 7.84. The Hall–Kier alpha value is -3.58. The van der Waals surface area contributed by atoms with Gasteiger partial charge in [0.05, 0.1) is 27.0 Å². The zero-order valence-corrected chi connectivity index (χ0v) is 16.2. The highest BCUT2D eigenvalue weighted by atomic mass is 32.2. The molecule has 1 heterocycles. The first-order chi connectivity index (χ1) is 13.9. The number of pyridine rings is 1. The Labute approximate surface area is 169 Å². The van der Waals surface area contributed by atoms with Gasteiger partial charge in [0.15, 0.2) is 0 Å². The lowest BCUT2D eigenvalue weighted by Gasteiger charge is -2.12. The van der Waals surface area contributed by atoms with E-state index in [1.807, 2.05) is 30.3 Å². The van der Waals surface area contributed by atoms with Crippen LogP contribution in [0.15, 0.2) is 71.6 Å². The van der Waals surface area contributed by atoms with Crippen LogP contribution in [-0.2, 0) is 10.8 Å². The van der Waals surface area contributed by atoms with Gasteiger partial charge in [0.2, 0.25) is 0 Å². The molecule has 0 saturated carbocycles. The third-order valence-corrected chi connectivity index (χ3v) is 5.46. The average Bonchev–Trinajstić information content (AvgIpc) is 3.05. The van der Waals surface area contributed by atoms with Gasteiger partial charge in [-0.15, -0.1) is 0 Å². The SMILES string of the molecule is CS(=O)c1cc(O)c2[nH]c(-c3ccc(Oc4ccccc4)cc3)cc(C(=O)O)c1-2. The van der Waals surface area contributed by atoms with Crippen molar-refractivity contribution in [3.8, 4) is 39.8 Å². The third kappa shape index (κ3) is 3.60. The molecule has 0 saturated heterocycles. The summed E-state index contributed by atoms with van der Waals surface area (Å²) in [6.07, 6.45) is 1.44. The van der Waals surface area contributed by atoms with Gasteiger partial charge in [0.1, 0.15) is 17.2 Å². The van der Waals surface area contributed by atoms with Gasteiger partial charge in [-0.25, -0.2) is 4.79 Å². The maximum absolute atomic E-state index is 12.0. The molecule has 3 N–H and O–H groups in total. The number of H-pyrrole nitrogens is 1. The van der Waals surface area contributed by atoms with Gasteiger partial charge in [-0.3, -0.25) is 4.21 Å². The predicted octanol–water partition coefficient (Wildman–Crippen LogP) is 4.72. The second-order valence-electron chi connectivity index (χ2n) is 6.44. The van der Waals surface area contributed by atoms with E-state index in [-0.39, 0.29) is 27.5 Å². The standard InChI is InChI=1S/C22H17NO5S/c1-29(27)19-12-18(24)21-20(19)16(22(25)26)11-17(23-21)13-7-9-15(10-8-13)28-14-5-3-2-4-6-14/h2-12,23-24H,1H3,(H,25,26).